The van der Waals surface area contributed by atoms with Gasteiger partial charge in [-0.05, 0) is 65.4 Å². The first-order chi connectivity index (χ1) is 42.0. The van der Waals surface area contributed by atoms with Gasteiger partial charge < -0.3 is 64.2 Å². The van der Waals surface area contributed by atoms with Gasteiger partial charge in [0.1, 0.15) is 42.6 Å². The lowest BCUT2D eigenvalue weighted by atomic mass is 9.85. The van der Waals surface area contributed by atoms with Gasteiger partial charge in [0.15, 0.2) is 5.82 Å². The number of benzene rings is 3. The number of methoxy groups -OCH3 is 1. The van der Waals surface area contributed by atoms with Gasteiger partial charge in [0, 0.05) is 69.8 Å². The number of ether oxygens (including phenoxy) is 6. The van der Waals surface area contributed by atoms with Crippen LogP contribution in [0.5, 0.6) is 5.75 Å². The fourth-order valence-corrected chi connectivity index (χ4v) is 10.7. The number of rotatable bonds is 28. The number of nitriles is 1. The first kappa shape index (κ1) is 64.6. The van der Waals surface area contributed by atoms with Crippen LogP contribution in [0.2, 0.25) is 0 Å². The molecule has 0 radical (unpaired) electrons. The molecule has 23 nitrogen and oxygen atoms in total. The van der Waals surface area contributed by atoms with E-state index in [4.69, 9.17) is 28.4 Å². The quantitative estimate of drug-likeness (QED) is 0.0444. The Labute approximate surface area is 508 Å². The van der Waals surface area contributed by atoms with Gasteiger partial charge in [-0.2, -0.15) is 5.26 Å². The lowest BCUT2D eigenvalue weighted by molar-refractivity contribution is -0.144. The van der Waals surface area contributed by atoms with Gasteiger partial charge in [-0.15, -0.1) is 11.3 Å². The number of aliphatic hydroxyl groups is 1. The Morgan fingerprint density at radius 3 is 2.17 bits per heavy atom. The lowest BCUT2D eigenvalue weighted by Crippen LogP contribution is -2.58. The molecule has 2 aliphatic heterocycles. The van der Waals surface area contributed by atoms with Crippen LogP contribution in [-0.4, -0.2) is 188 Å². The molecule has 3 atom stereocenters. The van der Waals surface area contributed by atoms with Crippen LogP contribution in [0.25, 0.3) is 33.0 Å². The Morgan fingerprint density at radius 1 is 0.839 bits per heavy atom. The highest BCUT2D eigenvalue weighted by molar-refractivity contribution is 7.13. The van der Waals surface area contributed by atoms with Crippen LogP contribution in [0, 0.1) is 29.5 Å². The molecule has 3 aromatic carbocycles. The van der Waals surface area contributed by atoms with E-state index in [0.29, 0.717) is 60.9 Å². The van der Waals surface area contributed by atoms with Crippen molar-refractivity contribution < 1.29 is 61.9 Å². The SMILES string of the molecule is COc1cccc(F)c1-c1nccc(C(=O)Nc2ccc(-c3cnccc3C#N)cc2N2CCN(C(=O)COCCOCCOCCOCCOCC(=O)N[C@H](C(=O)N3C[C@H](O)C[C@H]3C(=O)NCc3ccc(-c4scnc4C)cc3)C(C)(C)C)CC2)n1. The van der Waals surface area contributed by atoms with E-state index in [2.05, 4.69) is 42.0 Å². The summed E-state index contributed by atoms with van der Waals surface area (Å²) in [6.45, 7) is 10.5. The number of aryl methyl sites for hydroxylation is 1. The smallest absolute Gasteiger partial charge is 0.274 e. The van der Waals surface area contributed by atoms with Crippen LogP contribution < -0.4 is 25.6 Å². The van der Waals surface area contributed by atoms with E-state index < -0.39 is 53.0 Å². The third kappa shape index (κ3) is 17.7. The van der Waals surface area contributed by atoms with Gasteiger partial charge in [-0.3, -0.25) is 29.0 Å². The van der Waals surface area contributed by atoms with Gasteiger partial charge in [-0.25, -0.2) is 19.3 Å². The predicted octanol–water partition coefficient (Wildman–Crippen LogP) is 5.45. The summed E-state index contributed by atoms with van der Waals surface area (Å²) in [4.78, 5) is 90.7. The van der Waals surface area contributed by atoms with E-state index in [0.717, 1.165) is 21.7 Å². The number of hydrogen-bond acceptors (Lipinski definition) is 19. The van der Waals surface area contributed by atoms with Crippen molar-refractivity contribution in [1.29, 1.82) is 5.26 Å². The molecule has 6 aromatic rings. The van der Waals surface area contributed by atoms with E-state index in [-0.39, 0.29) is 108 Å². The number of hydrogen-bond donors (Lipinski definition) is 4. The van der Waals surface area contributed by atoms with Crippen molar-refractivity contribution in [3.63, 3.8) is 0 Å². The minimum absolute atomic E-state index is 0.0129. The monoisotopic (exact) mass is 1210 g/mol. The number of thiazole rings is 1. The number of carbonyl (C=O) groups excluding carboxylic acids is 5. The Balaban J connectivity index is 0.686. The number of β-amino-alcohol motifs (C(OH)–C–C–N with tert-alkyl or cyclic N) is 1. The Kier molecular flexibility index (Phi) is 23.3. The first-order valence-corrected chi connectivity index (χ1v) is 29.3. The Morgan fingerprint density at radius 2 is 1.52 bits per heavy atom. The van der Waals surface area contributed by atoms with Gasteiger partial charge in [0.05, 0.1) is 111 Å². The van der Waals surface area contributed by atoms with E-state index in [1.165, 1.54) is 36.4 Å². The molecule has 0 saturated carbocycles. The molecular weight excluding hydrogens is 1140 g/mol. The number of aliphatic hydroxyl groups excluding tert-OH is 1. The van der Waals surface area contributed by atoms with Crippen LogP contribution in [-0.2, 0) is 49.4 Å². The minimum Gasteiger partial charge on any atom is -0.496 e. The fraction of sp³-hybridized carbons (Fsp3) is 0.419. The summed E-state index contributed by atoms with van der Waals surface area (Å²) < 4.78 is 48.2. The molecule has 3 aromatic heterocycles. The highest BCUT2D eigenvalue weighted by Crippen LogP contribution is 2.35. The summed E-state index contributed by atoms with van der Waals surface area (Å²) in [5.74, 6) is -2.56. The molecule has 0 aliphatic carbocycles. The molecule has 25 heteroatoms. The fourth-order valence-electron chi connectivity index (χ4n) is 9.84. The largest absolute Gasteiger partial charge is 0.496 e. The number of pyridine rings is 1. The van der Waals surface area contributed by atoms with Crippen molar-refractivity contribution in [2.45, 2.75) is 58.8 Å². The van der Waals surface area contributed by atoms with Crippen LogP contribution in [0.4, 0.5) is 15.8 Å². The van der Waals surface area contributed by atoms with E-state index in [9.17, 15) is 38.7 Å². The maximum absolute atomic E-state index is 14.9. The number of carbonyl (C=O) groups is 5. The second-order valence-electron chi connectivity index (χ2n) is 21.6. The number of nitrogens with zero attached hydrogens (tertiary/aromatic N) is 8. The van der Waals surface area contributed by atoms with E-state index in [1.54, 1.807) is 58.4 Å². The van der Waals surface area contributed by atoms with Gasteiger partial charge in [0.2, 0.25) is 23.6 Å². The van der Waals surface area contributed by atoms with Gasteiger partial charge >= 0.3 is 0 Å². The number of piperazine rings is 1. The molecule has 5 amide bonds. The average Bonchev–Trinajstić information content (AvgIpc) is 2.37. The summed E-state index contributed by atoms with van der Waals surface area (Å²) in [6, 6.07) is 20.9. The summed E-state index contributed by atoms with van der Waals surface area (Å²) in [5, 5.41) is 29.1. The molecule has 0 spiro atoms. The van der Waals surface area contributed by atoms with Crippen molar-refractivity contribution in [3.05, 3.63) is 125 Å². The first-order valence-electron chi connectivity index (χ1n) is 28.4. The van der Waals surface area contributed by atoms with Crippen LogP contribution in [0.3, 0.4) is 0 Å². The molecule has 0 bridgehead atoms. The summed E-state index contributed by atoms with van der Waals surface area (Å²) >= 11 is 1.56. The Bertz CT molecular complexity index is 3370. The molecule has 2 fully saturated rings. The Hall–Kier alpha value is -8.35. The molecule has 0 unspecified atom stereocenters. The molecule has 2 aliphatic rings. The zero-order valence-electron chi connectivity index (χ0n) is 49.3. The highest BCUT2D eigenvalue weighted by atomic mass is 32.1. The number of nitrogens with one attached hydrogen (secondary N) is 3. The second kappa shape index (κ2) is 31.3. The van der Waals surface area contributed by atoms with E-state index in [1.807, 2.05) is 62.9 Å². The minimum atomic E-state index is -0.998. The third-order valence-electron chi connectivity index (χ3n) is 14.4. The molecule has 8 rings (SSSR count). The van der Waals surface area contributed by atoms with Crippen molar-refractivity contribution in [1.82, 2.24) is 40.4 Å². The number of halogens is 1. The van der Waals surface area contributed by atoms with Gasteiger partial charge in [-0.1, -0.05) is 57.2 Å². The maximum Gasteiger partial charge on any atom is 0.274 e. The van der Waals surface area contributed by atoms with Crippen LogP contribution in [0.1, 0.15) is 54.5 Å². The number of amides is 5. The summed E-state index contributed by atoms with van der Waals surface area (Å²) in [5.41, 5.74) is 6.75. The normalized spacial score (nSPS) is 15.4. The molecular formula is C62H72FN11O12S. The summed E-state index contributed by atoms with van der Waals surface area (Å²) in [7, 11) is 1.40. The van der Waals surface area contributed by atoms with E-state index >= 15 is 0 Å². The molecule has 4 N–H and O–H groups in total. The zero-order chi connectivity index (χ0) is 61.9. The van der Waals surface area contributed by atoms with Crippen molar-refractivity contribution in [2.24, 2.45) is 5.41 Å². The topological polar surface area (TPSA) is 282 Å². The number of aromatic nitrogens is 4. The van der Waals surface area contributed by atoms with Crippen LogP contribution >= 0.6 is 11.3 Å². The number of likely N-dealkylation sites (tertiary alicyclic amines) is 1. The molecule has 5 heterocycles. The molecule has 460 valence electrons. The van der Waals surface area contributed by atoms with Crippen molar-refractivity contribution in [3.8, 4) is 44.8 Å². The lowest BCUT2D eigenvalue weighted by Gasteiger charge is -2.37. The maximum atomic E-state index is 14.9. The van der Waals surface area contributed by atoms with Gasteiger partial charge in [0.25, 0.3) is 5.91 Å². The summed E-state index contributed by atoms with van der Waals surface area (Å²) in [6.07, 6.45) is 3.69. The van der Waals surface area contributed by atoms with Crippen molar-refractivity contribution in [2.75, 3.05) is 116 Å². The van der Waals surface area contributed by atoms with Crippen molar-refractivity contribution >= 4 is 52.2 Å². The van der Waals surface area contributed by atoms with Crippen LogP contribution in [0.15, 0.2) is 96.9 Å². The average molecular weight is 1210 g/mol. The molecule has 2 saturated heterocycles. The third-order valence-corrected chi connectivity index (χ3v) is 15.4. The standard InChI is InChI=1S/C62H72FN11O12S/c1-40-56(87-39-68-40)42-11-9-41(10-12-42)34-67-60(79)51-32-45(75)36-74(51)61(80)57(62(2,3)4)71-53(76)37-85-29-27-83-25-23-82-24-26-84-28-30-86-38-54(77)73-21-19-72(20-22-73)50-31-43(46-35-65-17-15-44(46)33-64)13-14-48(50)70-59(78)49-16-18-66-58(69-49)55-47(63)7-6-8-52(55)81-5/h6-18,31,35,39,45,51,57,75H,19-30,32,34,36-38H2,1-5H3,(H,67,79)(H,70,78)(H,71,76)/t45-,51+,57-/m1/s1. The highest BCUT2D eigenvalue weighted by Gasteiger charge is 2.44. The molecule has 87 heavy (non-hydrogen) atoms. The second-order valence-corrected chi connectivity index (χ2v) is 22.4. The number of anilines is 2. The zero-order valence-corrected chi connectivity index (χ0v) is 50.1. The predicted molar refractivity (Wildman–Crippen MR) is 321 cm³/mol.